The lowest BCUT2D eigenvalue weighted by Gasteiger charge is -2.22. The van der Waals surface area contributed by atoms with Crippen molar-refractivity contribution < 1.29 is 19.1 Å². The van der Waals surface area contributed by atoms with E-state index in [2.05, 4.69) is 21.2 Å². The maximum absolute atomic E-state index is 12.9. The molecule has 0 spiro atoms. The number of thioether (sulfide) groups is 1. The normalized spacial score (nSPS) is 15.8. The van der Waals surface area contributed by atoms with Crippen LogP contribution in [0.5, 0.6) is 0 Å². The summed E-state index contributed by atoms with van der Waals surface area (Å²) < 4.78 is 6.21. The molecule has 6 nitrogen and oxygen atoms in total. The molecule has 31 heavy (non-hydrogen) atoms. The summed E-state index contributed by atoms with van der Waals surface area (Å²) >= 11 is 9.90. The van der Waals surface area contributed by atoms with E-state index in [0.717, 1.165) is 10.0 Å². The largest absolute Gasteiger partial charge is 0.462 e. The van der Waals surface area contributed by atoms with Gasteiger partial charge in [0, 0.05) is 10.2 Å². The van der Waals surface area contributed by atoms with Crippen molar-refractivity contribution in [2.75, 3.05) is 11.9 Å². The molecule has 1 N–H and O–H groups in total. The monoisotopic (exact) mass is 518 g/mol. The van der Waals surface area contributed by atoms with E-state index in [1.807, 2.05) is 24.3 Å². The van der Waals surface area contributed by atoms with Crippen molar-refractivity contribution in [3.05, 3.63) is 69.0 Å². The van der Waals surface area contributed by atoms with Gasteiger partial charge in [-0.1, -0.05) is 52.0 Å². The highest BCUT2D eigenvalue weighted by atomic mass is 79.9. The maximum Gasteiger partial charge on any atom is 0.338 e. The van der Waals surface area contributed by atoms with Crippen molar-refractivity contribution >= 4 is 73.8 Å². The average molecular weight is 519 g/mol. The fourth-order valence-electron chi connectivity index (χ4n) is 2.79. The van der Waals surface area contributed by atoms with Crippen LogP contribution in [-0.4, -0.2) is 39.7 Å². The number of hydrogen-bond donors (Lipinski definition) is 1. The molecular formula is C22H19BrN2O4S2. The quantitative estimate of drug-likeness (QED) is 0.334. The number of carbonyl (C=O) groups excluding carboxylic acids is 3. The smallest absolute Gasteiger partial charge is 0.338 e. The number of benzene rings is 2. The second-order valence-corrected chi connectivity index (χ2v) is 9.16. The number of ether oxygens (including phenoxy) is 1. The molecule has 2 aromatic carbocycles. The number of anilines is 1. The Bertz CT molecular complexity index is 1050. The predicted molar refractivity (Wildman–Crippen MR) is 130 cm³/mol. The molecule has 1 heterocycles. The van der Waals surface area contributed by atoms with Gasteiger partial charge >= 0.3 is 5.97 Å². The van der Waals surface area contributed by atoms with Crippen molar-refractivity contribution in [2.24, 2.45) is 0 Å². The third kappa shape index (κ3) is 5.61. The molecule has 0 bridgehead atoms. The molecule has 1 aliphatic heterocycles. The van der Waals surface area contributed by atoms with Crippen molar-refractivity contribution in [2.45, 2.75) is 19.9 Å². The van der Waals surface area contributed by atoms with E-state index >= 15 is 0 Å². The zero-order valence-corrected chi connectivity index (χ0v) is 20.0. The molecule has 2 amide bonds. The van der Waals surface area contributed by atoms with Crippen LogP contribution in [0.4, 0.5) is 5.69 Å². The number of halogens is 1. The van der Waals surface area contributed by atoms with E-state index in [1.165, 1.54) is 16.7 Å². The van der Waals surface area contributed by atoms with Crippen molar-refractivity contribution in [1.82, 2.24) is 4.90 Å². The van der Waals surface area contributed by atoms with Gasteiger partial charge in [0.1, 0.15) is 10.4 Å². The molecule has 0 saturated carbocycles. The van der Waals surface area contributed by atoms with Crippen LogP contribution in [0.1, 0.15) is 29.8 Å². The minimum Gasteiger partial charge on any atom is -0.462 e. The summed E-state index contributed by atoms with van der Waals surface area (Å²) in [6.45, 7) is 3.64. The van der Waals surface area contributed by atoms with Crippen LogP contribution in [0.25, 0.3) is 6.08 Å². The molecule has 2 aromatic rings. The maximum atomic E-state index is 12.9. The lowest BCUT2D eigenvalue weighted by molar-refractivity contribution is -0.129. The van der Waals surface area contributed by atoms with E-state index in [4.69, 9.17) is 17.0 Å². The summed E-state index contributed by atoms with van der Waals surface area (Å²) in [6, 6.07) is 13.1. The van der Waals surface area contributed by atoms with Crippen LogP contribution in [0.2, 0.25) is 0 Å². The minimum absolute atomic E-state index is 0.287. The van der Waals surface area contributed by atoms with Gasteiger partial charge in [-0.05, 0) is 61.9 Å². The van der Waals surface area contributed by atoms with Crippen LogP contribution in [0.15, 0.2) is 57.9 Å². The van der Waals surface area contributed by atoms with Gasteiger partial charge in [0.15, 0.2) is 0 Å². The summed E-state index contributed by atoms with van der Waals surface area (Å²) in [5, 5.41) is 2.75. The van der Waals surface area contributed by atoms with E-state index < -0.39 is 12.0 Å². The summed E-state index contributed by atoms with van der Waals surface area (Å²) in [5.74, 6) is -1.12. The van der Waals surface area contributed by atoms with Gasteiger partial charge in [-0.15, -0.1) is 0 Å². The highest BCUT2D eigenvalue weighted by molar-refractivity contribution is 9.10. The molecule has 1 fully saturated rings. The van der Waals surface area contributed by atoms with Crippen LogP contribution >= 0.6 is 39.9 Å². The molecule has 0 aromatic heterocycles. The Morgan fingerprint density at radius 3 is 2.45 bits per heavy atom. The molecule has 1 atom stereocenters. The zero-order valence-electron chi connectivity index (χ0n) is 16.8. The van der Waals surface area contributed by atoms with Gasteiger partial charge in [-0.3, -0.25) is 14.5 Å². The third-order valence-corrected chi connectivity index (χ3v) is 6.28. The van der Waals surface area contributed by atoms with Gasteiger partial charge in [0.25, 0.3) is 5.91 Å². The Morgan fingerprint density at radius 2 is 1.84 bits per heavy atom. The Hall–Kier alpha value is -2.49. The molecule has 0 aliphatic carbocycles. The molecule has 9 heteroatoms. The molecular weight excluding hydrogens is 500 g/mol. The SMILES string of the molecule is CCOC(=O)c1ccc(NC(=O)C(C)N2C(=O)/C(=C/c3ccc(Br)cc3)SC2=S)cc1. The lowest BCUT2D eigenvalue weighted by Crippen LogP contribution is -2.44. The van der Waals surface area contributed by atoms with Gasteiger partial charge < -0.3 is 10.1 Å². The molecule has 1 saturated heterocycles. The Kier molecular flexibility index (Phi) is 7.64. The number of carbonyl (C=O) groups is 3. The van der Waals surface area contributed by atoms with Crippen LogP contribution in [-0.2, 0) is 14.3 Å². The zero-order chi connectivity index (χ0) is 22.5. The van der Waals surface area contributed by atoms with Gasteiger partial charge in [0.05, 0.1) is 17.1 Å². The third-order valence-electron chi connectivity index (χ3n) is 4.42. The average Bonchev–Trinajstić information content (AvgIpc) is 3.02. The van der Waals surface area contributed by atoms with Gasteiger partial charge in [-0.2, -0.15) is 0 Å². The van der Waals surface area contributed by atoms with Crippen molar-refractivity contribution in [3.8, 4) is 0 Å². The van der Waals surface area contributed by atoms with Crippen LogP contribution in [0, 0.1) is 0 Å². The van der Waals surface area contributed by atoms with Crippen LogP contribution < -0.4 is 5.32 Å². The van der Waals surface area contributed by atoms with Gasteiger partial charge in [0.2, 0.25) is 5.91 Å². The predicted octanol–water partition coefficient (Wildman–Crippen LogP) is 4.85. The second kappa shape index (κ2) is 10.2. The first-order chi connectivity index (χ1) is 14.8. The number of thiocarbonyl (C=S) groups is 1. The van der Waals surface area contributed by atoms with E-state index in [9.17, 15) is 14.4 Å². The topological polar surface area (TPSA) is 75.7 Å². The molecule has 3 rings (SSSR count). The van der Waals surface area contributed by atoms with Crippen molar-refractivity contribution in [3.63, 3.8) is 0 Å². The fraction of sp³-hybridized carbons (Fsp3) is 0.182. The number of hydrogen-bond acceptors (Lipinski definition) is 6. The Morgan fingerprint density at radius 1 is 1.19 bits per heavy atom. The number of rotatable bonds is 6. The Labute approximate surface area is 198 Å². The molecule has 1 aliphatic rings. The van der Waals surface area contributed by atoms with Crippen molar-refractivity contribution in [1.29, 1.82) is 0 Å². The lowest BCUT2D eigenvalue weighted by atomic mass is 10.2. The number of nitrogens with one attached hydrogen (secondary N) is 1. The number of esters is 1. The number of nitrogens with zero attached hydrogens (tertiary/aromatic N) is 1. The minimum atomic E-state index is -0.798. The second-order valence-electron chi connectivity index (χ2n) is 6.57. The highest BCUT2D eigenvalue weighted by Gasteiger charge is 2.38. The first kappa shape index (κ1) is 23.2. The van der Waals surface area contributed by atoms with E-state index in [-0.39, 0.29) is 18.4 Å². The highest BCUT2D eigenvalue weighted by Crippen LogP contribution is 2.34. The van der Waals surface area contributed by atoms with E-state index in [0.29, 0.717) is 20.5 Å². The summed E-state index contributed by atoms with van der Waals surface area (Å²) in [4.78, 5) is 39.1. The van der Waals surface area contributed by atoms with Gasteiger partial charge in [-0.25, -0.2) is 4.79 Å². The molecule has 1 unspecified atom stereocenters. The fourth-order valence-corrected chi connectivity index (χ4v) is 4.47. The summed E-state index contributed by atoms with van der Waals surface area (Å²) in [7, 11) is 0. The van der Waals surface area contributed by atoms with Crippen LogP contribution in [0.3, 0.4) is 0 Å². The Balaban J connectivity index is 1.68. The number of amides is 2. The summed E-state index contributed by atoms with van der Waals surface area (Å²) in [6.07, 6.45) is 1.75. The summed E-state index contributed by atoms with van der Waals surface area (Å²) in [5.41, 5.74) is 1.76. The first-order valence-electron chi connectivity index (χ1n) is 9.41. The standard InChI is InChI=1S/C22H19BrN2O4S2/c1-3-29-21(28)15-6-10-17(11-7-15)24-19(26)13(2)25-20(27)18(31-22(25)30)12-14-4-8-16(23)9-5-14/h4-13H,3H2,1-2H3,(H,24,26)/b18-12-. The molecule has 0 radical (unpaired) electrons. The van der Waals surface area contributed by atoms with E-state index in [1.54, 1.807) is 44.2 Å². The first-order valence-corrected chi connectivity index (χ1v) is 11.4. The molecule has 160 valence electrons.